The summed E-state index contributed by atoms with van der Waals surface area (Å²) in [4.78, 5) is 19.8. The molecule has 30 heavy (non-hydrogen) atoms. The Balaban J connectivity index is 1.67. The van der Waals surface area contributed by atoms with Gasteiger partial charge in [0.15, 0.2) is 5.84 Å². The van der Waals surface area contributed by atoms with Crippen LogP contribution < -0.4 is 5.48 Å². The number of rotatable bonds is 4. The Hall–Kier alpha value is -3.72. The lowest BCUT2D eigenvalue weighted by molar-refractivity contribution is -0.384. The van der Waals surface area contributed by atoms with Crippen LogP contribution in [0.2, 0.25) is 0 Å². The number of nitrogens with one attached hydrogen (secondary N) is 1. The summed E-state index contributed by atoms with van der Waals surface area (Å²) in [6, 6.07) is 17.9. The molecule has 0 spiro atoms. The van der Waals surface area contributed by atoms with Crippen molar-refractivity contribution in [3.63, 3.8) is 0 Å². The van der Waals surface area contributed by atoms with Crippen molar-refractivity contribution in [2.75, 3.05) is 0 Å². The van der Waals surface area contributed by atoms with Crippen LogP contribution in [0.4, 0.5) is 18.9 Å². The molecule has 0 aromatic heterocycles. The minimum atomic E-state index is -4.56. The number of hydrogen-bond donors (Lipinski definition) is 1. The van der Waals surface area contributed by atoms with Gasteiger partial charge in [0.2, 0.25) is 6.23 Å². The second-order valence-electron chi connectivity index (χ2n) is 6.52. The molecule has 1 aliphatic heterocycles. The van der Waals surface area contributed by atoms with Crippen molar-refractivity contribution in [3.05, 3.63) is 99.6 Å². The molecule has 1 unspecified atom stereocenters. The molecule has 0 saturated carbocycles. The Morgan fingerprint density at radius 3 is 2.30 bits per heavy atom. The van der Waals surface area contributed by atoms with Crippen LogP contribution in [0.1, 0.15) is 22.9 Å². The molecular weight excluding hydrogens is 399 g/mol. The summed E-state index contributed by atoms with van der Waals surface area (Å²) in [5.41, 5.74) is 2.95. The summed E-state index contributed by atoms with van der Waals surface area (Å²) >= 11 is 0. The molecule has 0 fully saturated rings. The summed E-state index contributed by atoms with van der Waals surface area (Å²) < 4.78 is 41.1. The van der Waals surface area contributed by atoms with Gasteiger partial charge in [0, 0.05) is 23.3 Å². The number of nitro benzene ring substituents is 1. The molecule has 6 nitrogen and oxygen atoms in total. The summed E-state index contributed by atoms with van der Waals surface area (Å²) in [6.45, 7) is 0. The predicted octanol–water partition coefficient (Wildman–Crippen LogP) is 5.26. The van der Waals surface area contributed by atoms with Crippen LogP contribution in [-0.4, -0.2) is 10.8 Å². The van der Waals surface area contributed by atoms with Crippen LogP contribution in [0.25, 0.3) is 11.1 Å². The van der Waals surface area contributed by atoms with Gasteiger partial charge in [-0.3, -0.25) is 10.1 Å². The van der Waals surface area contributed by atoms with E-state index in [0.717, 1.165) is 6.07 Å². The summed E-state index contributed by atoms with van der Waals surface area (Å²) in [6.07, 6.45) is -5.39. The number of alkyl halides is 3. The lowest BCUT2D eigenvalue weighted by Gasteiger charge is -2.14. The molecule has 1 heterocycles. The van der Waals surface area contributed by atoms with Crippen LogP contribution in [0.5, 0.6) is 0 Å². The lowest BCUT2D eigenvalue weighted by Crippen LogP contribution is -2.19. The Labute approximate surface area is 168 Å². The summed E-state index contributed by atoms with van der Waals surface area (Å²) in [5.74, 6) is 0.142. The molecule has 3 aromatic rings. The molecule has 0 saturated heterocycles. The van der Waals surface area contributed by atoms with Gasteiger partial charge in [-0.2, -0.15) is 13.2 Å². The number of nitro groups is 1. The third-order valence-corrected chi connectivity index (χ3v) is 4.59. The van der Waals surface area contributed by atoms with Crippen molar-refractivity contribution in [1.29, 1.82) is 0 Å². The Bertz CT molecular complexity index is 1110. The largest absolute Gasteiger partial charge is 0.417 e. The monoisotopic (exact) mass is 413 g/mol. The van der Waals surface area contributed by atoms with Crippen molar-refractivity contribution in [3.8, 4) is 11.1 Å². The zero-order chi connectivity index (χ0) is 21.3. The molecule has 152 valence electrons. The fourth-order valence-corrected chi connectivity index (χ4v) is 3.11. The van der Waals surface area contributed by atoms with Crippen molar-refractivity contribution in [1.82, 2.24) is 5.48 Å². The van der Waals surface area contributed by atoms with E-state index in [1.54, 1.807) is 30.3 Å². The number of amidine groups is 1. The maximum absolute atomic E-state index is 13.7. The van der Waals surface area contributed by atoms with E-state index in [4.69, 9.17) is 4.84 Å². The number of aliphatic imine (C=N–C) groups is 1. The standard InChI is InChI=1S/C21H14F3N3O3/c22-21(23,24)18-12-15(8-11-17(18)13-4-2-1-3-5-13)19-25-20(30-26-19)14-6-9-16(10-7-14)27(28)29/h1-12,20H,(H,25,26). The Morgan fingerprint density at radius 1 is 0.967 bits per heavy atom. The Morgan fingerprint density at radius 2 is 1.67 bits per heavy atom. The number of hydrogen-bond acceptors (Lipinski definition) is 5. The van der Waals surface area contributed by atoms with Gasteiger partial charge in [0.05, 0.1) is 10.5 Å². The first kappa shape index (κ1) is 19.6. The van der Waals surface area contributed by atoms with E-state index in [0.29, 0.717) is 11.1 Å². The quantitative estimate of drug-likeness (QED) is 0.468. The molecule has 0 bridgehead atoms. The maximum atomic E-state index is 13.7. The van der Waals surface area contributed by atoms with Crippen LogP contribution in [0.15, 0.2) is 77.8 Å². The smallest absolute Gasteiger partial charge is 0.258 e. The number of halogens is 3. The van der Waals surface area contributed by atoms with Crippen molar-refractivity contribution in [2.24, 2.45) is 4.99 Å². The number of hydroxylamine groups is 1. The zero-order valence-corrected chi connectivity index (χ0v) is 15.3. The highest BCUT2D eigenvalue weighted by molar-refractivity contribution is 5.99. The average Bonchev–Trinajstić information content (AvgIpc) is 3.24. The molecule has 1 aliphatic rings. The first-order valence-corrected chi connectivity index (χ1v) is 8.84. The third kappa shape index (κ3) is 3.87. The van der Waals surface area contributed by atoms with E-state index in [-0.39, 0.29) is 22.6 Å². The minimum Gasteiger partial charge on any atom is -0.258 e. The van der Waals surface area contributed by atoms with E-state index in [2.05, 4.69) is 10.5 Å². The molecule has 0 amide bonds. The summed E-state index contributed by atoms with van der Waals surface area (Å²) in [7, 11) is 0. The molecule has 0 radical (unpaired) electrons. The fourth-order valence-electron chi connectivity index (χ4n) is 3.11. The van der Waals surface area contributed by atoms with Crippen LogP contribution in [0, 0.1) is 10.1 Å². The molecular formula is C21H14F3N3O3. The van der Waals surface area contributed by atoms with E-state index in [9.17, 15) is 23.3 Å². The molecule has 9 heteroatoms. The molecule has 3 aromatic carbocycles. The van der Waals surface area contributed by atoms with E-state index in [1.165, 1.54) is 36.4 Å². The average molecular weight is 413 g/mol. The number of non-ortho nitro benzene ring substituents is 1. The van der Waals surface area contributed by atoms with Gasteiger partial charge in [0.1, 0.15) is 0 Å². The minimum absolute atomic E-state index is 0.0679. The Kier molecular flexibility index (Phi) is 4.96. The second kappa shape index (κ2) is 7.60. The first-order valence-electron chi connectivity index (χ1n) is 8.84. The summed E-state index contributed by atoms with van der Waals surface area (Å²) in [5, 5.41) is 10.8. The molecule has 0 aliphatic carbocycles. The van der Waals surface area contributed by atoms with Gasteiger partial charge in [0.25, 0.3) is 5.69 Å². The molecule has 1 atom stereocenters. The van der Waals surface area contributed by atoms with Crippen molar-refractivity contribution < 1.29 is 22.9 Å². The van der Waals surface area contributed by atoms with Gasteiger partial charge in [-0.25, -0.2) is 15.3 Å². The number of nitrogens with zero attached hydrogens (tertiary/aromatic N) is 2. The van der Waals surface area contributed by atoms with Crippen LogP contribution >= 0.6 is 0 Å². The predicted molar refractivity (Wildman–Crippen MR) is 103 cm³/mol. The third-order valence-electron chi connectivity index (χ3n) is 4.59. The SMILES string of the molecule is O=[N+]([O-])c1ccc(C2N=C(c3ccc(-c4ccccc4)c(C(F)(F)F)c3)NO2)cc1. The van der Waals surface area contributed by atoms with E-state index >= 15 is 0 Å². The van der Waals surface area contributed by atoms with Crippen molar-refractivity contribution >= 4 is 11.5 Å². The van der Waals surface area contributed by atoms with Gasteiger partial charge in [-0.05, 0) is 29.3 Å². The van der Waals surface area contributed by atoms with Gasteiger partial charge in [-0.15, -0.1) is 0 Å². The second-order valence-corrected chi connectivity index (χ2v) is 6.52. The van der Waals surface area contributed by atoms with E-state index < -0.39 is 22.9 Å². The van der Waals surface area contributed by atoms with Crippen LogP contribution in [0.3, 0.4) is 0 Å². The molecule has 4 rings (SSSR count). The topological polar surface area (TPSA) is 76.8 Å². The highest BCUT2D eigenvalue weighted by atomic mass is 19.4. The first-order chi connectivity index (χ1) is 14.3. The van der Waals surface area contributed by atoms with Gasteiger partial charge in [-0.1, -0.05) is 42.5 Å². The normalized spacial score (nSPS) is 16.1. The van der Waals surface area contributed by atoms with E-state index in [1.807, 2.05) is 0 Å². The van der Waals surface area contributed by atoms with Crippen molar-refractivity contribution in [2.45, 2.75) is 12.4 Å². The van der Waals surface area contributed by atoms with Crippen LogP contribution in [-0.2, 0) is 11.0 Å². The number of benzene rings is 3. The lowest BCUT2D eigenvalue weighted by atomic mass is 9.97. The maximum Gasteiger partial charge on any atom is 0.417 e. The highest BCUT2D eigenvalue weighted by Crippen LogP contribution is 2.38. The zero-order valence-electron chi connectivity index (χ0n) is 15.3. The highest BCUT2D eigenvalue weighted by Gasteiger charge is 2.34. The van der Waals surface area contributed by atoms with Gasteiger partial charge >= 0.3 is 6.18 Å². The fraction of sp³-hybridized carbons (Fsp3) is 0.0952. The van der Waals surface area contributed by atoms with Gasteiger partial charge < -0.3 is 0 Å². The molecule has 1 N–H and O–H groups in total.